The van der Waals surface area contributed by atoms with Crippen LogP contribution in [0.3, 0.4) is 0 Å². The van der Waals surface area contributed by atoms with Gasteiger partial charge >= 0.3 is 5.97 Å². The molecule has 1 saturated heterocycles. The Bertz CT molecular complexity index is 2030. The maximum absolute atomic E-state index is 13.0. The van der Waals surface area contributed by atoms with Gasteiger partial charge < -0.3 is 20.1 Å². The summed E-state index contributed by atoms with van der Waals surface area (Å²) in [5.74, 6) is 7.02. The van der Waals surface area contributed by atoms with E-state index in [1.165, 1.54) is 99.2 Å². The zero-order chi connectivity index (χ0) is 43.0. The van der Waals surface area contributed by atoms with E-state index in [0.717, 1.165) is 36.1 Å². The number of carboxylic acid groups (broad SMARTS) is 1. The largest absolute Gasteiger partial charge is 0.481 e. The molecule has 1 aromatic heterocycles. The third-order valence-electron chi connectivity index (χ3n) is 19.2. The van der Waals surface area contributed by atoms with Gasteiger partial charge in [0.1, 0.15) is 12.0 Å². The fourth-order valence-corrected chi connectivity index (χ4v) is 16.6. The highest BCUT2D eigenvalue weighted by Gasteiger charge is 2.69. The second kappa shape index (κ2) is 16.3. The number of thioether (sulfide) groups is 1. The lowest BCUT2D eigenvalue weighted by Gasteiger charge is -2.70. The van der Waals surface area contributed by atoms with Gasteiger partial charge in [-0.15, -0.1) is 0 Å². The van der Waals surface area contributed by atoms with Gasteiger partial charge in [-0.25, -0.2) is 4.68 Å². The van der Waals surface area contributed by atoms with Crippen LogP contribution in [0.4, 0.5) is 0 Å². The van der Waals surface area contributed by atoms with Crippen molar-refractivity contribution in [2.45, 2.75) is 118 Å². The summed E-state index contributed by atoms with van der Waals surface area (Å²) in [7, 11) is 1.86. The van der Waals surface area contributed by atoms with Gasteiger partial charge in [-0.1, -0.05) is 89.3 Å². The molecular weight excluding hydrogens is 773 g/mol. The van der Waals surface area contributed by atoms with E-state index in [4.69, 9.17) is 4.74 Å². The van der Waals surface area contributed by atoms with Gasteiger partial charge in [0, 0.05) is 61.9 Å². The van der Waals surface area contributed by atoms with Crippen molar-refractivity contribution in [3.63, 3.8) is 0 Å². The molecule has 0 radical (unpaired) electrons. The van der Waals surface area contributed by atoms with Gasteiger partial charge in [0.15, 0.2) is 0 Å². The number of aliphatic carboxylic acids is 1. The minimum Gasteiger partial charge on any atom is -0.481 e. The van der Waals surface area contributed by atoms with Crippen molar-refractivity contribution in [1.82, 2.24) is 20.0 Å². The number of allylic oxidation sites excluding steroid dienone is 5. The van der Waals surface area contributed by atoms with Crippen LogP contribution in [0.1, 0.15) is 112 Å². The molecule has 0 spiro atoms. The average Bonchev–Trinajstić information content (AvgIpc) is 3.83. The molecule has 4 saturated carbocycles. The summed E-state index contributed by atoms with van der Waals surface area (Å²) in [6.45, 7) is 25.1. The minimum atomic E-state index is -0.961. The molecule has 11 atom stereocenters. The Balaban J connectivity index is 0.923. The third kappa shape index (κ3) is 7.23. The van der Waals surface area contributed by atoms with E-state index in [9.17, 15) is 9.90 Å². The normalized spacial score (nSPS) is 39.5. The molecule has 6 aliphatic carbocycles. The number of nitrogens with zero attached hydrogens (tertiary/aromatic N) is 3. The average molecular weight is 849 g/mol. The van der Waals surface area contributed by atoms with Crippen LogP contribution in [-0.2, 0) is 11.8 Å². The smallest absolute Gasteiger partial charge is 0.313 e. The Hall–Kier alpha value is -2.81. The van der Waals surface area contributed by atoms with Crippen molar-refractivity contribution in [3.8, 4) is 17.1 Å². The van der Waals surface area contributed by atoms with Gasteiger partial charge in [0.05, 0.1) is 5.69 Å². The highest BCUT2D eigenvalue weighted by molar-refractivity contribution is 7.99. The topological polar surface area (TPSA) is 79.6 Å². The zero-order valence-electron chi connectivity index (χ0n) is 38.6. The monoisotopic (exact) mass is 849 g/mol. The molecule has 2 N–H and O–H groups in total. The van der Waals surface area contributed by atoms with Crippen molar-refractivity contribution < 1.29 is 14.6 Å². The molecule has 9 rings (SSSR count). The number of ether oxygens (including phenoxy) is 1. The first kappa shape index (κ1) is 43.4. The summed E-state index contributed by atoms with van der Waals surface area (Å²) in [5.41, 5.74) is 6.15. The molecule has 2 heterocycles. The summed E-state index contributed by atoms with van der Waals surface area (Å²) in [5, 5.41) is 19.7. The summed E-state index contributed by atoms with van der Waals surface area (Å²) in [6.07, 6.45) is 17.4. The number of aromatic nitrogens is 2. The lowest BCUT2D eigenvalue weighted by molar-refractivity contribution is -0.201. The van der Waals surface area contributed by atoms with Gasteiger partial charge in [-0.2, -0.15) is 16.9 Å². The number of carbonyl (C=O) groups is 1. The fraction of sp³-hybridized carbons (Fsp3) is 0.698. The van der Waals surface area contributed by atoms with E-state index in [0.29, 0.717) is 59.1 Å². The summed E-state index contributed by atoms with van der Waals surface area (Å²) >= 11 is 2.11. The molecule has 7 aliphatic rings. The Kier molecular flexibility index (Phi) is 11.6. The van der Waals surface area contributed by atoms with Gasteiger partial charge in [0.25, 0.3) is 0 Å². The number of hydrogen-bond acceptors (Lipinski definition) is 6. The first-order valence-corrected chi connectivity index (χ1v) is 25.4. The molecule has 2 aromatic rings. The highest BCUT2D eigenvalue weighted by Crippen LogP contribution is 2.74. The maximum Gasteiger partial charge on any atom is 0.313 e. The van der Waals surface area contributed by atoms with Crippen molar-refractivity contribution in [1.29, 1.82) is 0 Å². The molecule has 1 aliphatic heterocycles. The molecule has 61 heavy (non-hydrogen) atoms. The summed E-state index contributed by atoms with van der Waals surface area (Å²) in [6, 6.07) is 12.0. The number of aryl methyl sites for hydroxylation is 1. The van der Waals surface area contributed by atoms with Crippen LogP contribution >= 0.6 is 11.8 Å². The SMILES string of the molecule is C=C(C)[C@@H]1CC[C@]2(NCCN3CCSCC3)CC[C@]3(C)[C@H](CC[C@@H]4[C@@H]5[C@@H](CC[C@]43C)C(C)(C)C(C3=CCC(COc4cc(-c6ccccc6)nn4C)(C(=O)O)CC3)=C[C@@H]5C)[C@@H]12. The highest BCUT2D eigenvalue weighted by atomic mass is 32.2. The zero-order valence-corrected chi connectivity index (χ0v) is 39.4. The number of fused-ring (bicyclic) bond motifs is 7. The molecule has 0 amide bonds. The van der Waals surface area contributed by atoms with Crippen molar-refractivity contribution in [2.75, 3.05) is 44.3 Å². The summed E-state index contributed by atoms with van der Waals surface area (Å²) < 4.78 is 8.03. The number of benzene rings is 1. The molecule has 1 aromatic carbocycles. The van der Waals surface area contributed by atoms with Gasteiger partial charge in [0.2, 0.25) is 5.88 Å². The van der Waals surface area contributed by atoms with Crippen LogP contribution in [0.2, 0.25) is 0 Å². The van der Waals surface area contributed by atoms with E-state index >= 15 is 0 Å². The fourth-order valence-electron chi connectivity index (χ4n) is 15.6. The van der Waals surface area contributed by atoms with Crippen molar-refractivity contribution in [3.05, 3.63) is 71.8 Å². The van der Waals surface area contributed by atoms with E-state index in [1.54, 1.807) is 4.68 Å². The van der Waals surface area contributed by atoms with Gasteiger partial charge in [-0.3, -0.25) is 4.79 Å². The lowest BCUT2D eigenvalue weighted by atomic mass is 9.35. The standard InChI is InChI=1S/C53H76N4O3S/c1-35(2)39-18-23-53(54-26-27-57-28-30-61-31-29-57)25-24-51(7)42(47(39)53)15-14-41-46-36(3)32-43(49(4,5)40(46)19-20-50(41,51)6)37-16-21-52(22-17-37,48(58)59)34-60-45-33-44(55-56(45)8)38-12-10-9-11-13-38/h9-13,16,32-33,36,39-42,46-47,54H,1,14-15,17-31,34H2,2-8H3,(H,58,59)/t36-,39-,40+,41+,42+,46-,47+,50+,51+,52?,53-/m0/s1. The number of rotatable bonds is 11. The number of carboxylic acids is 1. The molecular formula is C53H76N4O3S. The van der Waals surface area contributed by atoms with Gasteiger partial charge in [-0.05, 0) is 146 Å². The van der Waals surface area contributed by atoms with Crippen LogP contribution < -0.4 is 10.1 Å². The molecule has 0 bridgehead atoms. The van der Waals surface area contributed by atoms with Crippen molar-refractivity contribution in [2.24, 2.45) is 70.1 Å². The predicted octanol–water partition coefficient (Wildman–Crippen LogP) is 11.1. The van der Waals surface area contributed by atoms with Crippen LogP contribution in [0.5, 0.6) is 5.88 Å². The van der Waals surface area contributed by atoms with Crippen LogP contribution in [0.25, 0.3) is 11.3 Å². The van der Waals surface area contributed by atoms with E-state index in [1.807, 2.05) is 43.4 Å². The second-order valence-corrected chi connectivity index (χ2v) is 23.5. The van der Waals surface area contributed by atoms with Crippen molar-refractivity contribution >= 4 is 17.7 Å². The second-order valence-electron chi connectivity index (χ2n) is 22.2. The van der Waals surface area contributed by atoms with E-state index < -0.39 is 11.4 Å². The number of hydrogen-bond donors (Lipinski definition) is 2. The molecule has 1 unspecified atom stereocenters. The lowest BCUT2D eigenvalue weighted by Crippen LogP contribution is -2.67. The Morgan fingerprint density at radius 2 is 1.70 bits per heavy atom. The molecule has 7 nitrogen and oxygen atoms in total. The predicted molar refractivity (Wildman–Crippen MR) is 251 cm³/mol. The first-order valence-electron chi connectivity index (χ1n) is 24.2. The Labute approximate surface area is 372 Å². The first-order chi connectivity index (χ1) is 29.1. The molecule has 8 heteroatoms. The Morgan fingerprint density at radius 1 is 0.967 bits per heavy atom. The van der Waals surface area contributed by atoms with Crippen LogP contribution in [0.15, 0.2) is 71.8 Å². The van der Waals surface area contributed by atoms with Crippen LogP contribution in [-0.4, -0.2) is 75.6 Å². The van der Waals surface area contributed by atoms with E-state index in [-0.39, 0.29) is 17.6 Å². The maximum atomic E-state index is 13.0. The minimum absolute atomic E-state index is 0.0412. The quantitative estimate of drug-likeness (QED) is 0.218. The summed E-state index contributed by atoms with van der Waals surface area (Å²) in [4.78, 5) is 15.7. The third-order valence-corrected chi connectivity index (χ3v) is 20.2. The van der Waals surface area contributed by atoms with E-state index in [2.05, 4.69) is 87.4 Å². The molecule has 332 valence electrons. The van der Waals surface area contributed by atoms with Crippen LogP contribution in [0, 0.1) is 63.1 Å². The Morgan fingerprint density at radius 3 is 2.41 bits per heavy atom. The molecule has 5 fully saturated rings. The number of nitrogens with one attached hydrogen (secondary N) is 1.